The summed E-state index contributed by atoms with van der Waals surface area (Å²) in [6, 6.07) is 8.89. The van der Waals surface area contributed by atoms with Gasteiger partial charge in [0, 0.05) is 11.8 Å². The molecule has 0 aliphatic carbocycles. The molecule has 2 amide bonds. The van der Waals surface area contributed by atoms with Gasteiger partial charge in [-0.2, -0.15) is 0 Å². The van der Waals surface area contributed by atoms with E-state index in [0.717, 1.165) is 10.4 Å². The van der Waals surface area contributed by atoms with E-state index >= 15 is 0 Å². The van der Waals surface area contributed by atoms with Gasteiger partial charge in [-0.25, -0.2) is 9.59 Å². The number of hydrogen-bond donors (Lipinski definition) is 2. The number of aryl methyl sites for hydroxylation is 1. The fraction of sp³-hybridized carbons (Fsp3) is 0.304. The number of anilines is 1. The fourth-order valence-corrected chi connectivity index (χ4v) is 4.08. The summed E-state index contributed by atoms with van der Waals surface area (Å²) in [5.74, 6) is -2.44. The summed E-state index contributed by atoms with van der Waals surface area (Å²) < 4.78 is 10.2. The van der Waals surface area contributed by atoms with E-state index in [1.807, 2.05) is 19.9 Å². The maximum atomic E-state index is 12.4. The Morgan fingerprint density at radius 2 is 1.75 bits per heavy atom. The van der Waals surface area contributed by atoms with Crippen LogP contribution in [0.15, 0.2) is 36.0 Å². The minimum atomic E-state index is -0.860. The monoisotopic (exact) mass is 458 g/mol. The molecule has 1 aromatic carbocycles. The van der Waals surface area contributed by atoms with Crippen LogP contribution in [0.1, 0.15) is 47.1 Å². The summed E-state index contributed by atoms with van der Waals surface area (Å²) in [6.45, 7) is 6.35. The quantitative estimate of drug-likeness (QED) is 0.440. The number of ether oxygens (including phenoxy) is 2. The van der Waals surface area contributed by atoms with Crippen LogP contribution in [0.25, 0.3) is 6.08 Å². The standard InChI is InChI=1S/C23H26N2O6S/c1-5-17-14(3)32-21(20(17)23(29)30-6-2)25-19(27)13-31-22(28)18(24-15(4)26)12-16-10-8-7-9-11-16/h7-12H,5-6,13H2,1-4H3,(H,24,26)(H,25,27)/b18-12-. The Morgan fingerprint density at radius 3 is 2.34 bits per heavy atom. The zero-order valence-electron chi connectivity index (χ0n) is 18.4. The maximum absolute atomic E-state index is 12.4. The zero-order chi connectivity index (χ0) is 23.7. The van der Waals surface area contributed by atoms with E-state index < -0.39 is 30.4 Å². The van der Waals surface area contributed by atoms with Crippen molar-refractivity contribution in [2.75, 3.05) is 18.5 Å². The van der Waals surface area contributed by atoms with Crippen molar-refractivity contribution in [1.29, 1.82) is 0 Å². The molecule has 2 N–H and O–H groups in total. The van der Waals surface area contributed by atoms with Gasteiger partial charge in [-0.3, -0.25) is 9.59 Å². The highest BCUT2D eigenvalue weighted by Gasteiger charge is 2.24. The molecular weight excluding hydrogens is 432 g/mol. The predicted molar refractivity (Wildman–Crippen MR) is 122 cm³/mol. The van der Waals surface area contributed by atoms with Crippen LogP contribution in [0.4, 0.5) is 5.00 Å². The van der Waals surface area contributed by atoms with Crippen molar-refractivity contribution in [3.8, 4) is 0 Å². The molecule has 2 rings (SSSR count). The van der Waals surface area contributed by atoms with Gasteiger partial charge in [-0.1, -0.05) is 37.3 Å². The first-order valence-electron chi connectivity index (χ1n) is 10.1. The van der Waals surface area contributed by atoms with Crippen molar-refractivity contribution < 1.29 is 28.7 Å². The van der Waals surface area contributed by atoms with Gasteiger partial charge in [-0.05, 0) is 37.5 Å². The second-order valence-electron chi connectivity index (χ2n) is 6.69. The molecule has 0 bridgehead atoms. The summed E-state index contributed by atoms with van der Waals surface area (Å²) in [5.41, 5.74) is 1.71. The van der Waals surface area contributed by atoms with Crippen LogP contribution in [0.5, 0.6) is 0 Å². The number of nitrogens with one attached hydrogen (secondary N) is 2. The van der Waals surface area contributed by atoms with E-state index in [0.29, 0.717) is 22.5 Å². The Balaban J connectivity index is 2.11. The van der Waals surface area contributed by atoms with Gasteiger partial charge >= 0.3 is 11.9 Å². The normalized spacial score (nSPS) is 10.9. The lowest BCUT2D eigenvalue weighted by Crippen LogP contribution is -2.29. The van der Waals surface area contributed by atoms with E-state index in [9.17, 15) is 19.2 Å². The van der Waals surface area contributed by atoms with Crippen LogP contribution in [-0.2, 0) is 30.3 Å². The van der Waals surface area contributed by atoms with E-state index in [2.05, 4.69) is 10.6 Å². The Labute approximate surface area is 190 Å². The minimum Gasteiger partial charge on any atom is -0.462 e. The lowest BCUT2D eigenvalue weighted by molar-refractivity contribution is -0.144. The Bertz CT molecular complexity index is 1030. The van der Waals surface area contributed by atoms with E-state index in [4.69, 9.17) is 9.47 Å². The van der Waals surface area contributed by atoms with E-state index in [1.54, 1.807) is 31.2 Å². The smallest absolute Gasteiger partial charge is 0.355 e. The third-order valence-corrected chi connectivity index (χ3v) is 5.33. The summed E-state index contributed by atoms with van der Waals surface area (Å²) in [5, 5.41) is 5.39. The van der Waals surface area contributed by atoms with Crippen LogP contribution in [0.3, 0.4) is 0 Å². The summed E-state index contributed by atoms with van der Waals surface area (Å²) >= 11 is 1.26. The minimum absolute atomic E-state index is 0.0936. The fourth-order valence-electron chi connectivity index (χ4n) is 2.93. The highest BCUT2D eigenvalue weighted by Crippen LogP contribution is 2.34. The van der Waals surface area contributed by atoms with Crippen molar-refractivity contribution in [1.82, 2.24) is 5.32 Å². The largest absolute Gasteiger partial charge is 0.462 e. The van der Waals surface area contributed by atoms with Crippen LogP contribution in [-0.4, -0.2) is 37.0 Å². The third kappa shape index (κ3) is 6.78. The summed E-state index contributed by atoms with van der Waals surface area (Å²) in [7, 11) is 0. The van der Waals surface area contributed by atoms with Crippen LogP contribution < -0.4 is 10.6 Å². The Morgan fingerprint density at radius 1 is 1.06 bits per heavy atom. The van der Waals surface area contributed by atoms with Crippen LogP contribution >= 0.6 is 11.3 Å². The van der Waals surface area contributed by atoms with Crippen molar-refractivity contribution in [2.45, 2.75) is 34.1 Å². The third-order valence-electron chi connectivity index (χ3n) is 4.27. The second-order valence-corrected chi connectivity index (χ2v) is 7.91. The topological polar surface area (TPSA) is 111 Å². The van der Waals surface area contributed by atoms with Gasteiger partial charge in [0.1, 0.15) is 10.7 Å². The molecule has 0 fully saturated rings. The molecule has 170 valence electrons. The van der Waals surface area contributed by atoms with Gasteiger partial charge in [0.05, 0.1) is 12.2 Å². The average molecular weight is 459 g/mol. The number of benzene rings is 1. The summed E-state index contributed by atoms with van der Waals surface area (Å²) in [6.07, 6.45) is 2.06. The SMILES string of the molecule is CCOC(=O)c1c(NC(=O)COC(=O)/C(=C/c2ccccc2)NC(C)=O)sc(C)c1CC. The molecule has 0 aliphatic heterocycles. The maximum Gasteiger partial charge on any atom is 0.355 e. The molecule has 2 aromatic rings. The highest BCUT2D eigenvalue weighted by molar-refractivity contribution is 7.16. The predicted octanol–water partition coefficient (Wildman–Crippen LogP) is 3.45. The first-order chi connectivity index (χ1) is 15.3. The second kappa shape index (κ2) is 11.8. The lowest BCUT2D eigenvalue weighted by atomic mass is 10.1. The molecule has 8 nitrogen and oxygen atoms in total. The zero-order valence-corrected chi connectivity index (χ0v) is 19.3. The number of carbonyl (C=O) groups is 4. The molecule has 0 radical (unpaired) electrons. The number of esters is 2. The van der Waals surface area contributed by atoms with E-state index in [-0.39, 0.29) is 12.3 Å². The first kappa shape index (κ1) is 24.8. The molecule has 0 saturated heterocycles. The van der Waals surface area contributed by atoms with Crippen LogP contribution in [0.2, 0.25) is 0 Å². The van der Waals surface area contributed by atoms with Crippen LogP contribution in [0, 0.1) is 6.92 Å². The molecule has 0 spiro atoms. The average Bonchev–Trinajstić information content (AvgIpc) is 3.06. The summed E-state index contributed by atoms with van der Waals surface area (Å²) in [4.78, 5) is 49.6. The Hall–Kier alpha value is -3.46. The number of carbonyl (C=O) groups excluding carboxylic acids is 4. The van der Waals surface area contributed by atoms with Gasteiger partial charge in [0.25, 0.3) is 5.91 Å². The first-order valence-corrected chi connectivity index (χ1v) is 10.9. The molecule has 0 atom stereocenters. The van der Waals surface area contributed by atoms with Gasteiger partial charge in [0.15, 0.2) is 6.61 Å². The van der Waals surface area contributed by atoms with Crippen molar-refractivity contribution in [2.24, 2.45) is 0 Å². The molecule has 9 heteroatoms. The van der Waals surface area contributed by atoms with Crippen molar-refractivity contribution in [3.63, 3.8) is 0 Å². The van der Waals surface area contributed by atoms with Gasteiger partial charge < -0.3 is 20.1 Å². The molecule has 0 aliphatic rings. The number of rotatable bonds is 9. The Kier molecular flexibility index (Phi) is 9.15. The highest BCUT2D eigenvalue weighted by atomic mass is 32.1. The van der Waals surface area contributed by atoms with Gasteiger partial charge in [0.2, 0.25) is 5.91 Å². The molecule has 0 saturated carbocycles. The molecular formula is C23H26N2O6S. The molecule has 32 heavy (non-hydrogen) atoms. The molecule has 1 heterocycles. The number of thiophene rings is 1. The van der Waals surface area contributed by atoms with Crippen molar-refractivity contribution in [3.05, 3.63) is 57.6 Å². The van der Waals surface area contributed by atoms with Crippen molar-refractivity contribution >= 4 is 46.2 Å². The number of amides is 2. The molecule has 0 unspecified atom stereocenters. The molecule has 1 aromatic heterocycles. The number of hydrogen-bond acceptors (Lipinski definition) is 7. The van der Waals surface area contributed by atoms with Gasteiger partial charge in [-0.15, -0.1) is 11.3 Å². The van der Waals surface area contributed by atoms with E-state index in [1.165, 1.54) is 24.3 Å². The lowest BCUT2D eigenvalue weighted by Gasteiger charge is -2.10.